The van der Waals surface area contributed by atoms with Crippen LogP contribution in [0.1, 0.15) is 31.2 Å². The molecule has 0 aromatic heterocycles. The van der Waals surface area contributed by atoms with Crippen LogP contribution >= 0.6 is 0 Å². The third kappa shape index (κ3) is 4.85. The van der Waals surface area contributed by atoms with E-state index in [-0.39, 0.29) is 29.1 Å². The summed E-state index contributed by atoms with van der Waals surface area (Å²) in [6, 6.07) is 4.45. The number of amides is 2. The van der Waals surface area contributed by atoms with E-state index in [1.54, 1.807) is 17.9 Å². The first kappa shape index (κ1) is 19.8. The highest BCUT2D eigenvalue weighted by molar-refractivity contribution is 5.95. The Hall–Kier alpha value is -2.97. The minimum Gasteiger partial charge on any atom is -0.455 e. The number of hydrogen-bond donors (Lipinski definition) is 1. The van der Waals surface area contributed by atoms with Crippen molar-refractivity contribution in [1.82, 2.24) is 4.90 Å². The van der Waals surface area contributed by atoms with Crippen molar-refractivity contribution >= 4 is 29.2 Å². The van der Waals surface area contributed by atoms with E-state index in [1.165, 1.54) is 12.1 Å². The second-order valence-corrected chi connectivity index (χ2v) is 7.31. The summed E-state index contributed by atoms with van der Waals surface area (Å²) in [5.74, 6) is -1.12. The van der Waals surface area contributed by atoms with Crippen LogP contribution in [0, 0.1) is 28.9 Å². The van der Waals surface area contributed by atoms with E-state index in [9.17, 15) is 24.5 Å². The molecule has 9 heteroatoms. The molecule has 2 fully saturated rings. The lowest BCUT2D eigenvalue weighted by Crippen LogP contribution is -2.41. The number of nitro benzene ring substituents is 1. The summed E-state index contributed by atoms with van der Waals surface area (Å²) < 4.78 is 5.07. The number of ether oxygens (including phenoxy) is 1. The highest BCUT2D eigenvalue weighted by Gasteiger charge is 2.36. The number of benzene rings is 1. The zero-order valence-electron chi connectivity index (χ0n) is 15.7. The van der Waals surface area contributed by atoms with E-state index in [0.29, 0.717) is 31.5 Å². The topological polar surface area (TPSA) is 119 Å². The van der Waals surface area contributed by atoms with Crippen molar-refractivity contribution in [2.75, 3.05) is 25.0 Å². The van der Waals surface area contributed by atoms with Gasteiger partial charge in [0.1, 0.15) is 5.69 Å². The van der Waals surface area contributed by atoms with Crippen LogP contribution in [0.2, 0.25) is 0 Å². The maximum absolute atomic E-state index is 12.2. The molecule has 1 N–H and O–H groups in total. The molecule has 1 aromatic carbocycles. The second kappa shape index (κ2) is 8.37. The summed E-state index contributed by atoms with van der Waals surface area (Å²) in [5, 5.41) is 13.5. The molecule has 2 aliphatic rings. The SMILES string of the molecule is Cc1ccc(NC(=O)COC(=O)C2CCN(C(=O)C3CC3)CC2)c([N+](=O)[O-])c1. The zero-order chi connectivity index (χ0) is 20.3. The van der Waals surface area contributed by atoms with Gasteiger partial charge in [-0.3, -0.25) is 24.5 Å². The predicted octanol–water partition coefficient (Wildman–Crippen LogP) is 2.03. The number of aryl methyl sites for hydroxylation is 1. The van der Waals surface area contributed by atoms with Crippen LogP contribution in [0.4, 0.5) is 11.4 Å². The fourth-order valence-electron chi connectivity index (χ4n) is 3.26. The number of piperidine rings is 1. The maximum Gasteiger partial charge on any atom is 0.309 e. The van der Waals surface area contributed by atoms with Crippen molar-refractivity contribution in [2.24, 2.45) is 11.8 Å². The van der Waals surface area contributed by atoms with E-state index in [2.05, 4.69) is 5.32 Å². The summed E-state index contributed by atoms with van der Waals surface area (Å²) in [7, 11) is 0. The van der Waals surface area contributed by atoms with Crippen molar-refractivity contribution < 1.29 is 24.0 Å². The van der Waals surface area contributed by atoms with Crippen molar-refractivity contribution in [3.8, 4) is 0 Å². The molecule has 1 saturated carbocycles. The van der Waals surface area contributed by atoms with Gasteiger partial charge in [0, 0.05) is 25.1 Å². The molecule has 0 unspecified atom stereocenters. The number of esters is 1. The van der Waals surface area contributed by atoms with Crippen molar-refractivity contribution in [1.29, 1.82) is 0 Å². The molecular weight excluding hydrogens is 366 g/mol. The molecule has 9 nitrogen and oxygen atoms in total. The monoisotopic (exact) mass is 389 g/mol. The Morgan fingerprint density at radius 2 is 1.86 bits per heavy atom. The Labute approximate surface area is 162 Å². The predicted molar refractivity (Wildman–Crippen MR) is 99.5 cm³/mol. The van der Waals surface area contributed by atoms with Gasteiger partial charge in [-0.05, 0) is 44.2 Å². The standard InChI is InChI=1S/C19H23N3O6/c1-12-2-5-15(16(10-12)22(26)27)20-17(23)11-28-19(25)14-6-8-21(9-7-14)18(24)13-3-4-13/h2,5,10,13-14H,3-4,6-9,11H2,1H3,(H,20,23). The van der Waals surface area contributed by atoms with Crippen molar-refractivity contribution in [3.63, 3.8) is 0 Å². The van der Waals surface area contributed by atoms with Gasteiger partial charge in [0.05, 0.1) is 10.8 Å². The molecule has 0 atom stereocenters. The maximum atomic E-state index is 12.2. The zero-order valence-corrected chi connectivity index (χ0v) is 15.7. The van der Waals surface area contributed by atoms with Gasteiger partial charge >= 0.3 is 5.97 Å². The lowest BCUT2D eigenvalue weighted by atomic mass is 9.97. The number of hydrogen-bond acceptors (Lipinski definition) is 6. The summed E-state index contributed by atoms with van der Waals surface area (Å²) in [6.45, 7) is 2.25. The summed E-state index contributed by atoms with van der Waals surface area (Å²) in [5.41, 5.74) is 0.540. The average Bonchev–Trinajstić information content (AvgIpc) is 3.52. The summed E-state index contributed by atoms with van der Waals surface area (Å²) in [6.07, 6.45) is 2.94. The molecule has 0 radical (unpaired) electrons. The Morgan fingerprint density at radius 1 is 1.18 bits per heavy atom. The number of anilines is 1. The van der Waals surface area contributed by atoms with Crippen LogP contribution in [0.15, 0.2) is 18.2 Å². The average molecular weight is 389 g/mol. The van der Waals surface area contributed by atoms with Gasteiger partial charge in [-0.2, -0.15) is 0 Å². The fraction of sp³-hybridized carbons (Fsp3) is 0.526. The Morgan fingerprint density at radius 3 is 2.46 bits per heavy atom. The molecule has 2 amide bonds. The van der Waals surface area contributed by atoms with E-state index in [1.807, 2.05) is 0 Å². The molecule has 1 saturated heterocycles. The molecule has 0 spiro atoms. The van der Waals surface area contributed by atoms with Crippen molar-refractivity contribution in [2.45, 2.75) is 32.6 Å². The molecule has 28 heavy (non-hydrogen) atoms. The minimum absolute atomic E-state index is 0.0588. The van der Waals surface area contributed by atoms with E-state index in [0.717, 1.165) is 12.8 Å². The first-order valence-corrected chi connectivity index (χ1v) is 9.35. The molecule has 1 heterocycles. The van der Waals surface area contributed by atoms with Crippen molar-refractivity contribution in [3.05, 3.63) is 33.9 Å². The Kier molecular flexibility index (Phi) is 5.91. The molecule has 150 valence electrons. The number of nitrogens with one attached hydrogen (secondary N) is 1. The lowest BCUT2D eigenvalue weighted by Gasteiger charge is -2.31. The van der Waals surface area contributed by atoms with Gasteiger partial charge in [-0.1, -0.05) is 6.07 Å². The minimum atomic E-state index is -0.637. The largest absolute Gasteiger partial charge is 0.455 e. The summed E-state index contributed by atoms with van der Waals surface area (Å²) in [4.78, 5) is 48.5. The number of rotatable bonds is 6. The van der Waals surface area contributed by atoms with E-state index in [4.69, 9.17) is 4.74 Å². The van der Waals surface area contributed by atoms with Crippen LogP contribution in [0.25, 0.3) is 0 Å². The number of nitrogens with zero attached hydrogens (tertiary/aromatic N) is 2. The Balaban J connectivity index is 1.45. The van der Waals surface area contributed by atoms with Gasteiger partial charge in [0.25, 0.3) is 11.6 Å². The van der Waals surface area contributed by atoms with Crippen LogP contribution in [-0.2, 0) is 19.1 Å². The first-order chi connectivity index (χ1) is 13.3. The summed E-state index contributed by atoms with van der Waals surface area (Å²) >= 11 is 0. The molecule has 1 aliphatic carbocycles. The number of carbonyl (C=O) groups is 3. The quantitative estimate of drug-likeness (QED) is 0.452. The van der Waals surface area contributed by atoms with Gasteiger partial charge < -0.3 is 15.0 Å². The highest BCUT2D eigenvalue weighted by atomic mass is 16.6. The fourth-order valence-corrected chi connectivity index (χ4v) is 3.26. The van der Waals surface area contributed by atoms with Crippen LogP contribution in [-0.4, -0.2) is 47.3 Å². The van der Waals surface area contributed by atoms with Gasteiger partial charge in [0.15, 0.2) is 6.61 Å². The van der Waals surface area contributed by atoms with Gasteiger partial charge in [-0.25, -0.2) is 0 Å². The van der Waals surface area contributed by atoms with E-state index < -0.39 is 23.4 Å². The first-order valence-electron chi connectivity index (χ1n) is 9.35. The molecule has 0 bridgehead atoms. The molecule has 1 aliphatic heterocycles. The van der Waals surface area contributed by atoms with Gasteiger partial charge in [-0.15, -0.1) is 0 Å². The Bertz CT molecular complexity index is 797. The second-order valence-electron chi connectivity index (χ2n) is 7.31. The smallest absolute Gasteiger partial charge is 0.309 e. The van der Waals surface area contributed by atoms with Crippen LogP contribution < -0.4 is 5.32 Å². The normalized spacial score (nSPS) is 17.1. The van der Waals surface area contributed by atoms with Crippen LogP contribution in [0.3, 0.4) is 0 Å². The molecule has 3 rings (SSSR count). The lowest BCUT2D eigenvalue weighted by molar-refractivity contribution is -0.384. The third-order valence-electron chi connectivity index (χ3n) is 5.04. The third-order valence-corrected chi connectivity index (χ3v) is 5.04. The number of nitro groups is 1. The van der Waals surface area contributed by atoms with Crippen LogP contribution in [0.5, 0.6) is 0 Å². The molecular formula is C19H23N3O6. The molecule has 1 aromatic rings. The number of carbonyl (C=O) groups excluding carboxylic acids is 3. The van der Waals surface area contributed by atoms with E-state index >= 15 is 0 Å². The van der Waals surface area contributed by atoms with Gasteiger partial charge in [0.2, 0.25) is 5.91 Å². The highest BCUT2D eigenvalue weighted by Crippen LogP contribution is 2.32. The number of likely N-dealkylation sites (tertiary alicyclic amines) is 1.